The number of ether oxygens (including phenoxy) is 1. The van der Waals surface area contributed by atoms with Gasteiger partial charge in [-0.3, -0.25) is 4.72 Å². The number of anilines is 2. The summed E-state index contributed by atoms with van der Waals surface area (Å²) in [5.74, 6) is -0.775. The molecule has 2 N–H and O–H groups in total. The van der Waals surface area contributed by atoms with Crippen LogP contribution in [0.3, 0.4) is 0 Å². The molecule has 6 rings (SSSR count). The van der Waals surface area contributed by atoms with E-state index in [2.05, 4.69) is 25.0 Å². The number of benzene rings is 3. The fourth-order valence-electron chi connectivity index (χ4n) is 5.44. The van der Waals surface area contributed by atoms with Gasteiger partial charge in [-0.25, -0.2) is 36.9 Å². The number of amides is 1. The molecular weight excluding hydrogens is 626 g/mol. The van der Waals surface area contributed by atoms with E-state index in [1.165, 1.54) is 23.2 Å². The molecule has 1 aliphatic rings. The highest BCUT2D eigenvalue weighted by Crippen LogP contribution is 2.28. The first-order chi connectivity index (χ1) is 22.6. The van der Waals surface area contributed by atoms with E-state index in [1.54, 1.807) is 42.5 Å². The Morgan fingerprint density at radius 3 is 2.43 bits per heavy atom. The molecule has 1 aliphatic heterocycles. The number of likely N-dealkylation sites (tertiary alicyclic amines) is 1. The van der Waals surface area contributed by atoms with Crippen LogP contribution in [0.5, 0.6) is 0 Å². The standard InChI is InChI=1S/C34H32F2N6O4S/c1-22-14-30(25-12-13-29(28(36)15-25)41-47(44,45)21-24-10-6-3-7-11-24)39-31-17-37-33(40-32(22)31)38-27-16-26(35)18-42(19-27)34(43)46-20-23-8-4-2-5-9-23/h2-15,17,26-27,41H,16,18-21H2,1H3,(H,37,38,40)/t26-,27-/m0/s1. The molecule has 0 bridgehead atoms. The monoisotopic (exact) mass is 658 g/mol. The molecule has 2 atom stereocenters. The number of fused-ring (bicyclic) bond motifs is 1. The number of carbonyl (C=O) groups is 1. The smallest absolute Gasteiger partial charge is 0.410 e. The van der Waals surface area contributed by atoms with Gasteiger partial charge in [0.25, 0.3) is 0 Å². The van der Waals surface area contributed by atoms with E-state index in [-0.39, 0.29) is 43.5 Å². The van der Waals surface area contributed by atoms with Crippen molar-refractivity contribution in [2.24, 2.45) is 0 Å². The van der Waals surface area contributed by atoms with E-state index in [0.29, 0.717) is 27.9 Å². The maximum Gasteiger partial charge on any atom is 0.410 e. The third-order valence-corrected chi connectivity index (χ3v) is 8.91. The average molecular weight is 659 g/mol. The van der Waals surface area contributed by atoms with Crippen LogP contribution in [0.15, 0.2) is 91.1 Å². The second-order valence-electron chi connectivity index (χ2n) is 11.4. The number of rotatable bonds is 9. The number of hydrogen-bond donors (Lipinski definition) is 2. The molecule has 0 aliphatic carbocycles. The van der Waals surface area contributed by atoms with E-state index in [9.17, 15) is 17.6 Å². The molecule has 5 aromatic rings. The van der Waals surface area contributed by atoms with E-state index in [4.69, 9.17) is 4.74 Å². The molecule has 2 aromatic heterocycles. The Morgan fingerprint density at radius 2 is 1.70 bits per heavy atom. The summed E-state index contributed by atoms with van der Waals surface area (Å²) in [7, 11) is -3.84. The third kappa shape index (κ3) is 7.98. The number of pyridine rings is 1. The molecule has 1 saturated heterocycles. The lowest BCUT2D eigenvalue weighted by Crippen LogP contribution is -2.50. The number of aryl methyl sites for hydroxylation is 1. The average Bonchev–Trinajstić information content (AvgIpc) is 3.05. The van der Waals surface area contributed by atoms with Crippen molar-refractivity contribution < 1.29 is 26.7 Å². The highest BCUT2D eigenvalue weighted by molar-refractivity contribution is 7.91. The van der Waals surface area contributed by atoms with Crippen molar-refractivity contribution >= 4 is 38.8 Å². The minimum absolute atomic E-state index is 0.0582. The number of carbonyl (C=O) groups excluding carboxylic acids is 1. The fraction of sp³-hybridized carbons (Fsp3) is 0.235. The maximum atomic E-state index is 15.1. The van der Waals surface area contributed by atoms with Gasteiger partial charge in [0.2, 0.25) is 16.0 Å². The zero-order valence-electron chi connectivity index (χ0n) is 25.4. The molecule has 3 aromatic carbocycles. The van der Waals surface area contributed by atoms with Crippen LogP contribution in [0.25, 0.3) is 22.3 Å². The minimum atomic E-state index is -3.84. The van der Waals surface area contributed by atoms with Gasteiger partial charge in [0.1, 0.15) is 24.1 Å². The molecule has 0 radical (unpaired) electrons. The van der Waals surface area contributed by atoms with Gasteiger partial charge < -0.3 is 15.0 Å². The number of hydrogen-bond acceptors (Lipinski definition) is 8. The number of piperidine rings is 1. The quantitative estimate of drug-likeness (QED) is 0.191. The lowest BCUT2D eigenvalue weighted by molar-refractivity contribution is 0.0685. The highest BCUT2D eigenvalue weighted by atomic mass is 32.2. The third-order valence-electron chi connectivity index (χ3n) is 7.66. The van der Waals surface area contributed by atoms with Gasteiger partial charge in [0, 0.05) is 24.6 Å². The zero-order chi connectivity index (χ0) is 33.0. The topological polar surface area (TPSA) is 126 Å². The summed E-state index contributed by atoms with van der Waals surface area (Å²) in [6.45, 7) is 2.08. The number of nitrogens with zero attached hydrogens (tertiary/aromatic N) is 4. The van der Waals surface area contributed by atoms with E-state index < -0.39 is 34.1 Å². The predicted octanol–water partition coefficient (Wildman–Crippen LogP) is 6.24. The van der Waals surface area contributed by atoms with Gasteiger partial charge >= 0.3 is 6.09 Å². The van der Waals surface area contributed by atoms with Gasteiger partial charge in [-0.2, -0.15) is 0 Å². The summed E-state index contributed by atoms with van der Waals surface area (Å²) in [5, 5.41) is 3.14. The lowest BCUT2D eigenvalue weighted by atomic mass is 10.0. The first-order valence-electron chi connectivity index (χ1n) is 15.0. The summed E-state index contributed by atoms with van der Waals surface area (Å²) in [5.41, 5.74) is 3.89. The summed E-state index contributed by atoms with van der Waals surface area (Å²) in [4.78, 5) is 27.6. The second-order valence-corrected chi connectivity index (χ2v) is 13.1. The molecule has 1 amide bonds. The summed E-state index contributed by atoms with van der Waals surface area (Å²) < 4.78 is 62.7. The SMILES string of the molecule is Cc1cc(-c2ccc(NS(=O)(=O)Cc3ccccc3)c(F)c2)nc2cnc(N[C@H]3C[C@H](F)CN(C(=O)OCc4ccccc4)C3)nc12. The molecule has 10 nitrogen and oxygen atoms in total. The molecule has 0 spiro atoms. The van der Waals surface area contributed by atoms with Crippen LogP contribution in [0.4, 0.5) is 25.2 Å². The normalized spacial score (nSPS) is 16.5. The van der Waals surface area contributed by atoms with Crippen LogP contribution in [0.1, 0.15) is 23.1 Å². The van der Waals surface area contributed by atoms with Gasteiger partial charge in [-0.05, 0) is 41.8 Å². The van der Waals surface area contributed by atoms with E-state index in [0.717, 1.165) is 11.1 Å². The predicted molar refractivity (Wildman–Crippen MR) is 175 cm³/mol. The van der Waals surface area contributed by atoms with Crippen molar-refractivity contribution in [2.45, 2.75) is 37.9 Å². The van der Waals surface area contributed by atoms with Gasteiger partial charge in [0.05, 0.1) is 35.4 Å². The first kappa shape index (κ1) is 31.8. The van der Waals surface area contributed by atoms with E-state index >= 15 is 4.39 Å². The van der Waals surface area contributed by atoms with Crippen LogP contribution in [0, 0.1) is 12.7 Å². The number of aromatic nitrogens is 3. The Morgan fingerprint density at radius 1 is 0.979 bits per heavy atom. The number of alkyl halides is 1. The van der Waals surface area contributed by atoms with Gasteiger partial charge in [-0.15, -0.1) is 0 Å². The van der Waals surface area contributed by atoms with Crippen LogP contribution in [0.2, 0.25) is 0 Å². The molecule has 0 saturated carbocycles. The van der Waals surface area contributed by atoms with Gasteiger partial charge in [0.15, 0.2) is 0 Å². The van der Waals surface area contributed by atoms with Crippen LogP contribution in [-0.2, 0) is 27.1 Å². The van der Waals surface area contributed by atoms with Crippen molar-refractivity contribution in [3.05, 3.63) is 114 Å². The van der Waals surface area contributed by atoms with Crippen molar-refractivity contribution in [3.8, 4) is 11.3 Å². The van der Waals surface area contributed by atoms with Gasteiger partial charge in [-0.1, -0.05) is 66.7 Å². The fourth-order valence-corrected chi connectivity index (χ4v) is 6.64. The molecule has 0 unspecified atom stereocenters. The highest BCUT2D eigenvalue weighted by Gasteiger charge is 2.31. The first-order valence-corrected chi connectivity index (χ1v) is 16.6. The minimum Gasteiger partial charge on any atom is -0.445 e. The Hall–Kier alpha value is -5.17. The van der Waals surface area contributed by atoms with Crippen molar-refractivity contribution in [1.29, 1.82) is 0 Å². The van der Waals surface area contributed by atoms with E-state index in [1.807, 2.05) is 37.3 Å². The Bertz CT molecular complexity index is 2000. The number of nitrogens with one attached hydrogen (secondary N) is 2. The Labute approximate surface area is 270 Å². The summed E-state index contributed by atoms with van der Waals surface area (Å²) in [6, 6.07) is 23.4. The molecular formula is C34H32F2N6O4S. The second kappa shape index (κ2) is 13.7. The van der Waals surface area contributed by atoms with Crippen molar-refractivity contribution in [3.63, 3.8) is 0 Å². The maximum absolute atomic E-state index is 15.1. The summed E-state index contributed by atoms with van der Waals surface area (Å²) in [6.07, 6.45) is -0.151. The Balaban J connectivity index is 1.13. The molecule has 242 valence electrons. The molecule has 13 heteroatoms. The molecule has 3 heterocycles. The van der Waals surface area contributed by atoms with Crippen molar-refractivity contribution in [2.75, 3.05) is 23.1 Å². The summed E-state index contributed by atoms with van der Waals surface area (Å²) >= 11 is 0. The zero-order valence-corrected chi connectivity index (χ0v) is 26.3. The largest absolute Gasteiger partial charge is 0.445 e. The molecule has 47 heavy (non-hydrogen) atoms. The lowest BCUT2D eigenvalue weighted by Gasteiger charge is -2.34. The number of halogens is 2. The van der Waals surface area contributed by atoms with Crippen molar-refractivity contribution in [1.82, 2.24) is 19.9 Å². The molecule has 1 fully saturated rings. The van der Waals surface area contributed by atoms with Crippen LogP contribution >= 0.6 is 0 Å². The van der Waals surface area contributed by atoms with Crippen LogP contribution < -0.4 is 10.0 Å². The number of sulfonamides is 1. The van der Waals surface area contributed by atoms with Crippen LogP contribution in [-0.4, -0.2) is 59.7 Å². The Kier molecular flexibility index (Phi) is 9.25.